The molecular formula is C25H28N4O5S. The molecule has 1 N–H and O–H groups in total. The van der Waals surface area contributed by atoms with Crippen LogP contribution in [0.5, 0.6) is 0 Å². The van der Waals surface area contributed by atoms with Crippen LogP contribution in [0.3, 0.4) is 0 Å². The Hall–Kier alpha value is -3.27. The van der Waals surface area contributed by atoms with Gasteiger partial charge in [0.05, 0.1) is 34.2 Å². The minimum atomic E-state index is -3.12. The van der Waals surface area contributed by atoms with E-state index in [2.05, 4.69) is 10.4 Å². The fourth-order valence-corrected chi connectivity index (χ4v) is 6.20. The zero-order valence-electron chi connectivity index (χ0n) is 19.7. The number of pyridine rings is 1. The van der Waals surface area contributed by atoms with Crippen molar-refractivity contribution in [1.29, 1.82) is 0 Å². The number of hydrogen-bond acceptors (Lipinski definition) is 7. The zero-order valence-corrected chi connectivity index (χ0v) is 20.5. The lowest BCUT2D eigenvalue weighted by Crippen LogP contribution is -2.35. The van der Waals surface area contributed by atoms with Gasteiger partial charge in [-0.25, -0.2) is 22.9 Å². The van der Waals surface area contributed by atoms with E-state index in [1.54, 1.807) is 17.7 Å². The van der Waals surface area contributed by atoms with E-state index in [1.807, 2.05) is 30.3 Å². The van der Waals surface area contributed by atoms with E-state index >= 15 is 0 Å². The summed E-state index contributed by atoms with van der Waals surface area (Å²) in [4.78, 5) is 30.6. The standard InChI is InChI=1S/C25H28N4O5S/c1-15-22-20(25(31)34-16(2)24(30)26-13-17-6-4-3-5-7-17)12-21(18-8-9-18)27-23(22)29(28-15)19-10-11-35(32,33)14-19/h3-7,12,16,18-19H,8-11,13-14H2,1-2H3,(H,26,30)/t16-,19-/m1/s1. The predicted molar refractivity (Wildman–Crippen MR) is 130 cm³/mol. The number of carbonyl (C=O) groups excluding carboxylic acids is 2. The Kier molecular flexibility index (Phi) is 6.08. The van der Waals surface area contributed by atoms with Crippen LogP contribution in [0.15, 0.2) is 36.4 Å². The van der Waals surface area contributed by atoms with Gasteiger partial charge in [0.15, 0.2) is 21.6 Å². The summed E-state index contributed by atoms with van der Waals surface area (Å²) in [6.45, 7) is 3.65. The van der Waals surface area contributed by atoms with E-state index < -0.39 is 27.8 Å². The van der Waals surface area contributed by atoms with Crippen molar-refractivity contribution in [3.63, 3.8) is 0 Å². The van der Waals surface area contributed by atoms with Crippen LogP contribution in [0.4, 0.5) is 0 Å². The van der Waals surface area contributed by atoms with E-state index in [4.69, 9.17) is 9.72 Å². The van der Waals surface area contributed by atoms with Crippen LogP contribution in [-0.2, 0) is 25.9 Å². The molecule has 3 heterocycles. The highest BCUT2D eigenvalue weighted by molar-refractivity contribution is 7.91. The molecule has 0 radical (unpaired) electrons. The number of amides is 1. The molecular weight excluding hydrogens is 468 g/mol. The number of rotatable bonds is 7. The fraction of sp³-hybridized carbons (Fsp3) is 0.440. The molecule has 10 heteroatoms. The number of ether oxygens (including phenoxy) is 1. The number of nitrogens with zero attached hydrogens (tertiary/aromatic N) is 3. The van der Waals surface area contributed by atoms with Gasteiger partial charge in [-0.2, -0.15) is 5.10 Å². The van der Waals surface area contributed by atoms with Crippen LogP contribution in [0, 0.1) is 6.92 Å². The number of carbonyl (C=O) groups is 2. The van der Waals surface area contributed by atoms with E-state index in [1.165, 1.54) is 6.92 Å². The van der Waals surface area contributed by atoms with E-state index in [9.17, 15) is 18.0 Å². The van der Waals surface area contributed by atoms with Crippen molar-refractivity contribution >= 4 is 32.7 Å². The Morgan fingerprint density at radius 3 is 2.60 bits per heavy atom. The van der Waals surface area contributed by atoms with Crippen LogP contribution in [0.2, 0.25) is 0 Å². The van der Waals surface area contributed by atoms with Gasteiger partial charge in [-0.15, -0.1) is 0 Å². The second-order valence-electron chi connectivity index (χ2n) is 9.41. The normalized spacial score (nSPS) is 20.0. The number of esters is 1. The first-order valence-corrected chi connectivity index (χ1v) is 13.7. The van der Waals surface area contributed by atoms with Crippen molar-refractivity contribution in [2.45, 2.75) is 57.7 Å². The molecule has 9 nitrogen and oxygen atoms in total. The summed E-state index contributed by atoms with van der Waals surface area (Å²) in [7, 11) is -3.12. The zero-order chi connectivity index (χ0) is 24.7. The SMILES string of the molecule is Cc1nn([C@@H]2CCS(=O)(=O)C2)c2nc(C3CC3)cc(C(=O)O[C@H](C)C(=O)NCc3ccccc3)c12. The minimum Gasteiger partial charge on any atom is -0.449 e. The van der Waals surface area contributed by atoms with Crippen molar-refractivity contribution in [1.82, 2.24) is 20.1 Å². The first kappa shape index (κ1) is 23.5. The topological polar surface area (TPSA) is 120 Å². The average molecular weight is 497 g/mol. The Balaban J connectivity index is 1.41. The first-order chi connectivity index (χ1) is 16.7. The molecule has 5 rings (SSSR count). The highest BCUT2D eigenvalue weighted by Gasteiger charge is 2.34. The Morgan fingerprint density at radius 1 is 1.20 bits per heavy atom. The maximum Gasteiger partial charge on any atom is 0.339 e. The molecule has 1 saturated carbocycles. The first-order valence-electron chi connectivity index (χ1n) is 11.8. The van der Waals surface area contributed by atoms with Gasteiger partial charge in [0.25, 0.3) is 5.91 Å². The average Bonchev–Trinajstić information content (AvgIpc) is 3.55. The number of benzene rings is 1. The van der Waals surface area contributed by atoms with Gasteiger partial charge in [0.1, 0.15) is 0 Å². The second-order valence-corrected chi connectivity index (χ2v) is 11.6. The molecule has 2 atom stereocenters. The van der Waals surface area contributed by atoms with Crippen LogP contribution in [0.25, 0.3) is 11.0 Å². The fourth-order valence-electron chi connectivity index (χ4n) is 4.51. The van der Waals surface area contributed by atoms with E-state index in [0.717, 1.165) is 24.1 Å². The van der Waals surface area contributed by atoms with Crippen LogP contribution in [-0.4, -0.2) is 52.7 Å². The molecule has 2 aliphatic rings. The molecule has 3 aromatic rings. The van der Waals surface area contributed by atoms with Gasteiger partial charge in [-0.1, -0.05) is 30.3 Å². The summed E-state index contributed by atoms with van der Waals surface area (Å²) >= 11 is 0. The second kappa shape index (κ2) is 9.07. The minimum absolute atomic E-state index is 0.0109. The highest BCUT2D eigenvalue weighted by atomic mass is 32.2. The van der Waals surface area contributed by atoms with Crippen molar-refractivity contribution < 1.29 is 22.7 Å². The van der Waals surface area contributed by atoms with E-state index in [0.29, 0.717) is 35.3 Å². The van der Waals surface area contributed by atoms with Gasteiger partial charge < -0.3 is 10.1 Å². The molecule has 35 heavy (non-hydrogen) atoms. The smallest absolute Gasteiger partial charge is 0.339 e. The lowest BCUT2D eigenvalue weighted by molar-refractivity contribution is -0.129. The van der Waals surface area contributed by atoms with Crippen molar-refractivity contribution in [2.24, 2.45) is 0 Å². The number of hydrogen-bond donors (Lipinski definition) is 1. The van der Waals surface area contributed by atoms with Gasteiger partial charge in [-0.3, -0.25) is 4.79 Å². The molecule has 1 amide bonds. The molecule has 1 aromatic carbocycles. The predicted octanol–water partition coefficient (Wildman–Crippen LogP) is 2.84. The maximum absolute atomic E-state index is 13.3. The molecule has 0 bridgehead atoms. The van der Waals surface area contributed by atoms with Crippen LogP contribution < -0.4 is 5.32 Å². The Bertz CT molecular complexity index is 1400. The molecule has 1 aliphatic carbocycles. The quantitative estimate of drug-likeness (QED) is 0.499. The van der Waals surface area contributed by atoms with Gasteiger partial charge >= 0.3 is 5.97 Å². The molecule has 0 spiro atoms. The number of fused-ring (bicyclic) bond motifs is 1. The van der Waals surface area contributed by atoms with Crippen molar-refractivity contribution in [2.75, 3.05) is 11.5 Å². The summed E-state index contributed by atoms with van der Waals surface area (Å²) in [5.41, 5.74) is 3.10. The maximum atomic E-state index is 13.3. The largest absolute Gasteiger partial charge is 0.449 e. The molecule has 2 fully saturated rings. The van der Waals surface area contributed by atoms with Crippen LogP contribution >= 0.6 is 0 Å². The van der Waals surface area contributed by atoms with Gasteiger partial charge in [-0.05, 0) is 44.7 Å². The van der Waals surface area contributed by atoms with Gasteiger partial charge in [0, 0.05) is 18.2 Å². The summed E-state index contributed by atoms with van der Waals surface area (Å²) in [6, 6.07) is 10.9. The lowest BCUT2D eigenvalue weighted by atomic mass is 10.1. The Labute approximate surface area is 203 Å². The molecule has 1 saturated heterocycles. The summed E-state index contributed by atoms with van der Waals surface area (Å²) in [5, 5.41) is 7.91. The monoisotopic (exact) mass is 496 g/mol. The highest BCUT2D eigenvalue weighted by Crippen LogP contribution is 2.41. The van der Waals surface area contributed by atoms with Crippen LogP contribution in [0.1, 0.15) is 65.5 Å². The summed E-state index contributed by atoms with van der Waals surface area (Å²) < 4.78 is 31.4. The lowest BCUT2D eigenvalue weighted by Gasteiger charge is -2.15. The third-order valence-electron chi connectivity index (χ3n) is 6.59. The van der Waals surface area contributed by atoms with E-state index in [-0.39, 0.29) is 23.5 Å². The molecule has 0 unspecified atom stereocenters. The summed E-state index contributed by atoms with van der Waals surface area (Å²) in [5.74, 6) is -0.627. The third-order valence-corrected chi connectivity index (χ3v) is 8.34. The van der Waals surface area contributed by atoms with Crippen molar-refractivity contribution in [3.8, 4) is 0 Å². The molecule has 184 valence electrons. The number of nitrogens with one attached hydrogen (secondary N) is 1. The molecule has 2 aromatic heterocycles. The van der Waals surface area contributed by atoms with Crippen molar-refractivity contribution in [3.05, 3.63) is 58.9 Å². The summed E-state index contributed by atoms with van der Waals surface area (Å²) in [6.07, 6.45) is 1.44. The number of sulfone groups is 1. The Morgan fingerprint density at radius 2 is 1.94 bits per heavy atom. The number of aryl methyl sites for hydroxylation is 1. The number of aromatic nitrogens is 3. The van der Waals surface area contributed by atoms with Gasteiger partial charge in [0.2, 0.25) is 0 Å². The molecule has 1 aliphatic heterocycles. The third kappa shape index (κ3) is 4.93.